The van der Waals surface area contributed by atoms with Gasteiger partial charge in [-0.05, 0) is 35.7 Å². The van der Waals surface area contributed by atoms with Crippen LogP contribution in [0.25, 0.3) is 0 Å². The molecule has 0 aliphatic heterocycles. The van der Waals surface area contributed by atoms with Crippen molar-refractivity contribution in [2.75, 3.05) is 6.54 Å². The third-order valence-electron chi connectivity index (χ3n) is 3.14. The van der Waals surface area contributed by atoms with Gasteiger partial charge in [0.2, 0.25) is 0 Å². The van der Waals surface area contributed by atoms with E-state index < -0.39 is 0 Å². The minimum atomic E-state index is 0.531. The lowest BCUT2D eigenvalue weighted by Crippen LogP contribution is -2.18. The van der Waals surface area contributed by atoms with Gasteiger partial charge in [0.05, 0.1) is 5.02 Å². The van der Waals surface area contributed by atoms with Gasteiger partial charge in [0, 0.05) is 6.54 Å². The third-order valence-corrected chi connectivity index (χ3v) is 3.45. The normalized spacial score (nSPS) is 10.9. The lowest BCUT2D eigenvalue weighted by molar-refractivity contribution is 0.306. The molecule has 112 valence electrons. The molecule has 0 unspecified atom stereocenters. The average molecular weight is 304 g/mol. The van der Waals surface area contributed by atoms with Crippen LogP contribution in [0.15, 0.2) is 48.5 Å². The van der Waals surface area contributed by atoms with Gasteiger partial charge in [0.1, 0.15) is 12.4 Å². The summed E-state index contributed by atoms with van der Waals surface area (Å²) in [6.07, 6.45) is 0. The molecule has 0 saturated heterocycles. The third kappa shape index (κ3) is 5.41. The Morgan fingerprint density at radius 2 is 1.67 bits per heavy atom. The molecule has 0 heterocycles. The summed E-state index contributed by atoms with van der Waals surface area (Å²) in [6, 6.07) is 16.0. The van der Waals surface area contributed by atoms with E-state index in [1.165, 1.54) is 5.56 Å². The summed E-state index contributed by atoms with van der Waals surface area (Å²) in [6.45, 7) is 6.90. The van der Waals surface area contributed by atoms with Gasteiger partial charge in [-0.15, -0.1) is 0 Å². The molecule has 0 spiro atoms. The number of para-hydroxylation sites is 1. The maximum absolute atomic E-state index is 6.07. The molecule has 0 aliphatic carbocycles. The molecule has 0 aliphatic rings. The summed E-state index contributed by atoms with van der Waals surface area (Å²) in [5.41, 5.74) is 2.43. The van der Waals surface area contributed by atoms with Crippen LogP contribution in [0.3, 0.4) is 0 Å². The summed E-state index contributed by atoms with van der Waals surface area (Å²) in [5, 5.41) is 4.08. The molecule has 0 bridgehead atoms. The van der Waals surface area contributed by atoms with E-state index >= 15 is 0 Å². The number of nitrogens with one attached hydrogen (secondary N) is 1. The van der Waals surface area contributed by atoms with Crippen LogP contribution >= 0.6 is 11.6 Å². The number of hydrogen-bond acceptors (Lipinski definition) is 2. The Morgan fingerprint density at radius 3 is 2.33 bits per heavy atom. The molecule has 3 heteroatoms. The summed E-state index contributed by atoms with van der Waals surface area (Å²) < 4.78 is 5.73. The zero-order valence-electron chi connectivity index (χ0n) is 12.6. The van der Waals surface area contributed by atoms with Gasteiger partial charge in [-0.3, -0.25) is 0 Å². The van der Waals surface area contributed by atoms with Crippen molar-refractivity contribution in [3.63, 3.8) is 0 Å². The Balaban J connectivity index is 1.84. The van der Waals surface area contributed by atoms with Crippen molar-refractivity contribution in [3.05, 3.63) is 64.7 Å². The average Bonchev–Trinajstić information content (AvgIpc) is 2.47. The van der Waals surface area contributed by atoms with Crippen molar-refractivity contribution in [1.82, 2.24) is 5.32 Å². The summed E-state index contributed by atoms with van der Waals surface area (Å²) in [4.78, 5) is 0. The van der Waals surface area contributed by atoms with E-state index in [9.17, 15) is 0 Å². The second-order valence-corrected chi connectivity index (χ2v) is 5.97. The molecule has 2 rings (SSSR count). The topological polar surface area (TPSA) is 21.3 Å². The molecule has 0 fully saturated rings. The van der Waals surface area contributed by atoms with Crippen LogP contribution in [0.5, 0.6) is 5.75 Å². The van der Waals surface area contributed by atoms with Crippen LogP contribution in [0.1, 0.15) is 25.0 Å². The first-order chi connectivity index (χ1) is 10.1. The van der Waals surface area contributed by atoms with E-state index in [0.717, 1.165) is 24.4 Å². The van der Waals surface area contributed by atoms with Crippen LogP contribution < -0.4 is 10.1 Å². The van der Waals surface area contributed by atoms with Crippen molar-refractivity contribution >= 4 is 11.6 Å². The lowest BCUT2D eigenvalue weighted by Gasteiger charge is -2.10. The van der Waals surface area contributed by atoms with Crippen LogP contribution in [0.2, 0.25) is 5.02 Å². The number of rotatable bonds is 7. The molecule has 21 heavy (non-hydrogen) atoms. The number of ether oxygens (including phenoxy) is 1. The number of halogens is 1. The molecular weight excluding hydrogens is 282 g/mol. The first-order valence-electron chi connectivity index (χ1n) is 7.31. The van der Waals surface area contributed by atoms with Crippen LogP contribution in [-0.2, 0) is 13.2 Å². The van der Waals surface area contributed by atoms with Gasteiger partial charge >= 0.3 is 0 Å². The minimum absolute atomic E-state index is 0.531. The molecule has 2 aromatic carbocycles. The van der Waals surface area contributed by atoms with E-state index in [0.29, 0.717) is 17.5 Å². The molecule has 2 aromatic rings. The second-order valence-electron chi connectivity index (χ2n) is 5.56. The van der Waals surface area contributed by atoms with Crippen LogP contribution in [0.4, 0.5) is 0 Å². The van der Waals surface area contributed by atoms with Gasteiger partial charge in [-0.2, -0.15) is 0 Å². The smallest absolute Gasteiger partial charge is 0.138 e. The highest BCUT2D eigenvalue weighted by Crippen LogP contribution is 2.24. The largest absolute Gasteiger partial charge is 0.487 e. The molecule has 1 N–H and O–H groups in total. The minimum Gasteiger partial charge on any atom is -0.487 e. The van der Waals surface area contributed by atoms with Crippen molar-refractivity contribution in [2.45, 2.75) is 27.0 Å². The monoisotopic (exact) mass is 303 g/mol. The van der Waals surface area contributed by atoms with Crippen LogP contribution in [-0.4, -0.2) is 6.54 Å². The Bertz CT molecular complexity index is 551. The first-order valence-corrected chi connectivity index (χ1v) is 7.69. The standard InChI is InChI=1S/C18H22ClNO/c1-14(2)11-20-12-15-7-9-16(10-8-15)13-21-18-6-4-3-5-17(18)19/h3-10,14,20H,11-13H2,1-2H3. The van der Waals surface area contributed by atoms with E-state index in [4.69, 9.17) is 16.3 Å². The molecule has 0 radical (unpaired) electrons. The lowest BCUT2D eigenvalue weighted by atomic mass is 10.1. The van der Waals surface area contributed by atoms with E-state index in [2.05, 4.69) is 43.4 Å². The SMILES string of the molecule is CC(C)CNCc1ccc(COc2ccccc2Cl)cc1. The van der Waals surface area contributed by atoms with E-state index in [-0.39, 0.29) is 0 Å². The van der Waals surface area contributed by atoms with Crippen molar-refractivity contribution in [2.24, 2.45) is 5.92 Å². The summed E-state index contributed by atoms with van der Waals surface area (Å²) in [5.74, 6) is 1.40. The van der Waals surface area contributed by atoms with Crippen LogP contribution in [0, 0.1) is 5.92 Å². The molecule has 2 nitrogen and oxygen atoms in total. The maximum Gasteiger partial charge on any atom is 0.138 e. The molecular formula is C18H22ClNO. The highest BCUT2D eigenvalue weighted by Gasteiger charge is 2.01. The van der Waals surface area contributed by atoms with Gasteiger partial charge in [0.15, 0.2) is 0 Å². The Hall–Kier alpha value is -1.51. The predicted molar refractivity (Wildman–Crippen MR) is 88.8 cm³/mol. The Morgan fingerprint density at radius 1 is 1.00 bits per heavy atom. The second kappa shape index (κ2) is 8.06. The fourth-order valence-electron chi connectivity index (χ4n) is 1.98. The molecule has 0 atom stereocenters. The van der Waals surface area contributed by atoms with Gasteiger partial charge < -0.3 is 10.1 Å². The Kier molecular flexibility index (Phi) is 6.09. The van der Waals surface area contributed by atoms with Crippen molar-refractivity contribution in [1.29, 1.82) is 0 Å². The van der Waals surface area contributed by atoms with E-state index in [1.807, 2.05) is 24.3 Å². The summed E-state index contributed by atoms with van der Waals surface area (Å²) >= 11 is 6.07. The number of hydrogen-bond donors (Lipinski definition) is 1. The highest BCUT2D eigenvalue weighted by molar-refractivity contribution is 6.32. The van der Waals surface area contributed by atoms with Crippen molar-refractivity contribution < 1.29 is 4.74 Å². The zero-order valence-corrected chi connectivity index (χ0v) is 13.4. The molecule has 0 saturated carbocycles. The number of benzene rings is 2. The zero-order chi connectivity index (χ0) is 15.1. The highest BCUT2D eigenvalue weighted by atomic mass is 35.5. The van der Waals surface area contributed by atoms with Gasteiger partial charge in [0.25, 0.3) is 0 Å². The van der Waals surface area contributed by atoms with Gasteiger partial charge in [-0.25, -0.2) is 0 Å². The van der Waals surface area contributed by atoms with Crippen molar-refractivity contribution in [3.8, 4) is 5.75 Å². The van der Waals surface area contributed by atoms with E-state index in [1.54, 1.807) is 0 Å². The first kappa shape index (κ1) is 15.9. The fraction of sp³-hybridized carbons (Fsp3) is 0.333. The molecule has 0 aromatic heterocycles. The maximum atomic E-state index is 6.07. The summed E-state index contributed by atoms with van der Waals surface area (Å²) in [7, 11) is 0. The molecule has 0 amide bonds. The van der Waals surface area contributed by atoms with Gasteiger partial charge in [-0.1, -0.05) is 61.8 Å². The quantitative estimate of drug-likeness (QED) is 0.803. The Labute approximate surface area is 132 Å². The predicted octanol–water partition coefficient (Wildman–Crippen LogP) is 4.66. The fourth-order valence-corrected chi connectivity index (χ4v) is 2.17.